The highest BCUT2D eigenvalue weighted by atomic mass is 16.1. The van der Waals surface area contributed by atoms with E-state index in [0.717, 1.165) is 0 Å². The van der Waals surface area contributed by atoms with Crippen molar-refractivity contribution < 1.29 is 4.79 Å². The largest absolute Gasteiger partial charge is 0.304 e. The number of hydrogen-bond acceptors (Lipinski definition) is 4. The molecule has 1 amide bonds. The van der Waals surface area contributed by atoms with Gasteiger partial charge in [-0.05, 0) is 12.1 Å². The van der Waals surface area contributed by atoms with Gasteiger partial charge >= 0.3 is 0 Å². The van der Waals surface area contributed by atoms with Gasteiger partial charge in [0, 0.05) is 24.8 Å². The monoisotopic (exact) mass is 215 g/mol. The lowest BCUT2D eigenvalue weighted by molar-refractivity contribution is -0.111. The standard InChI is InChI=1S/C10H9N5O/c1-2-8(16)14-9-10(12-6-5-11-9)15-7-3-4-13-15/h2-7H,1H2,(H,11,14,16). The van der Waals surface area contributed by atoms with Crippen molar-refractivity contribution in [1.29, 1.82) is 0 Å². The fraction of sp³-hybridized carbons (Fsp3) is 0. The number of aromatic nitrogens is 4. The summed E-state index contributed by atoms with van der Waals surface area (Å²) in [6, 6.07) is 1.76. The van der Waals surface area contributed by atoms with Crippen LogP contribution in [0.3, 0.4) is 0 Å². The van der Waals surface area contributed by atoms with Crippen LogP contribution in [-0.4, -0.2) is 25.7 Å². The van der Waals surface area contributed by atoms with Crippen LogP contribution in [-0.2, 0) is 4.79 Å². The van der Waals surface area contributed by atoms with Crippen molar-refractivity contribution in [2.45, 2.75) is 0 Å². The van der Waals surface area contributed by atoms with E-state index in [1.807, 2.05) is 0 Å². The summed E-state index contributed by atoms with van der Waals surface area (Å²) < 4.78 is 1.52. The summed E-state index contributed by atoms with van der Waals surface area (Å²) in [6.45, 7) is 3.37. The third kappa shape index (κ3) is 1.95. The molecule has 16 heavy (non-hydrogen) atoms. The van der Waals surface area contributed by atoms with E-state index >= 15 is 0 Å². The summed E-state index contributed by atoms with van der Waals surface area (Å²) in [6.07, 6.45) is 7.52. The van der Waals surface area contributed by atoms with Crippen LogP contribution in [0.1, 0.15) is 0 Å². The first kappa shape index (κ1) is 10.0. The Kier molecular flexibility index (Phi) is 2.73. The van der Waals surface area contributed by atoms with Gasteiger partial charge < -0.3 is 5.32 Å². The van der Waals surface area contributed by atoms with Crippen molar-refractivity contribution in [2.24, 2.45) is 0 Å². The first-order valence-electron chi connectivity index (χ1n) is 4.55. The normalized spacial score (nSPS) is 9.75. The highest BCUT2D eigenvalue weighted by Gasteiger charge is 2.08. The average Bonchev–Trinajstić information content (AvgIpc) is 2.83. The minimum atomic E-state index is -0.339. The molecular formula is C10H9N5O. The molecule has 0 unspecified atom stereocenters. The van der Waals surface area contributed by atoms with Gasteiger partial charge in [0.05, 0.1) is 0 Å². The average molecular weight is 215 g/mol. The van der Waals surface area contributed by atoms with Gasteiger partial charge in [0.2, 0.25) is 5.91 Å². The summed E-state index contributed by atoms with van der Waals surface area (Å²) in [4.78, 5) is 19.3. The maximum Gasteiger partial charge on any atom is 0.249 e. The second-order valence-electron chi connectivity index (χ2n) is 2.87. The third-order valence-electron chi connectivity index (χ3n) is 1.83. The summed E-state index contributed by atoms with van der Waals surface area (Å²) in [7, 11) is 0. The molecule has 0 spiro atoms. The Bertz CT molecular complexity index is 506. The number of anilines is 1. The first-order valence-corrected chi connectivity index (χ1v) is 4.55. The molecule has 80 valence electrons. The molecule has 2 heterocycles. The van der Waals surface area contributed by atoms with Crippen LogP contribution >= 0.6 is 0 Å². The molecule has 0 radical (unpaired) electrons. The van der Waals surface area contributed by atoms with E-state index in [9.17, 15) is 4.79 Å². The van der Waals surface area contributed by atoms with Crippen molar-refractivity contribution in [3.8, 4) is 5.82 Å². The summed E-state index contributed by atoms with van der Waals surface area (Å²) in [5, 5.41) is 6.57. The van der Waals surface area contributed by atoms with Gasteiger partial charge in [-0.1, -0.05) is 6.58 Å². The molecule has 0 saturated heterocycles. The Morgan fingerprint density at radius 3 is 2.88 bits per heavy atom. The molecular weight excluding hydrogens is 206 g/mol. The number of nitrogens with one attached hydrogen (secondary N) is 1. The van der Waals surface area contributed by atoms with Gasteiger partial charge in [0.25, 0.3) is 0 Å². The zero-order chi connectivity index (χ0) is 11.4. The molecule has 1 N–H and O–H groups in total. The number of carbonyl (C=O) groups excluding carboxylic acids is 1. The van der Waals surface area contributed by atoms with Gasteiger partial charge in [-0.15, -0.1) is 0 Å². The zero-order valence-corrected chi connectivity index (χ0v) is 8.37. The molecule has 0 aromatic carbocycles. The van der Waals surface area contributed by atoms with Gasteiger partial charge in [0.1, 0.15) is 0 Å². The van der Waals surface area contributed by atoms with E-state index in [1.165, 1.54) is 23.2 Å². The zero-order valence-electron chi connectivity index (χ0n) is 8.37. The van der Waals surface area contributed by atoms with Crippen LogP contribution in [0, 0.1) is 0 Å². The maximum atomic E-state index is 11.2. The Labute approximate surface area is 91.7 Å². The molecule has 6 nitrogen and oxygen atoms in total. The van der Waals surface area contributed by atoms with Crippen molar-refractivity contribution in [3.05, 3.63) is 43.5 Å². The second-order valence-corrected chi connectivity index (χ2v) is 2.87. The van der Waals surface area contributed by atoms with E-state index in [0.29, 0.717) is 11.6 Å². The molecule has 6 heteroatoms. The Balaban J connectivity index is 2.38. The smallest absolute Gasteiger partial charge is 0.249 e. The second kappa shape index (κ2) is 4.35. The van der Waals surface area contributed by atoms with Crippen LogP contribution in [0.2, 0.25) is 0 Å². The lowest BCUT2D eigenvalue weighted by atomic mass is 10.5. The Morgan fingerprint density at radius 2 is 2.19 bits per heavy atom. The molecule has 0 saturated carbocycles. The fourth-order valence-corrected chi connectivity index (χ4v) is 1.15. The number of carbonyl (C=O) groups is 1. The van der Waals surface area contributed by atoms with E-state index < -0.39 is 0 Å². The van der Waals surface area contributed by atoms with Crippen LogP contribution in [0.4, 0.5) is 5.82 Å². The van der Waals surface area contributed by atoms with Gasteiger partial charge in [-0.2, -0.15) is 5.10 Å². The highest BCUT2D eigenvalue weighted by Crippen LogP contribution is 2.12. The van der Waals surface area contributed by atoms with Crippen LogP contribution in [0.25, 0.3) is 5.82 Å². The topological polar surface area (TPSA) is 72.7 Å². The minimum Gasteiger partial charge on any atom is -0.304 e. The molecule has 2 aromatic heterocycles. The number of nitrogens with zero attached hydrogens (tertiary/aromatic N) is 4. The van der Waals surface area contributed by atoms with E-state index in [1.54, 1.807) is 18.5 Å². The number of rotatable bonds is 3. The lowest BCUT2D eigenvalue weighted by Gasteiger charge is -2.06. The van der Waals surface area contributed by atoms with Crippen LogP contribution in [0.5, 0.6) is 0 Å². The van der Waals surface area contributed by atoms with E-state index in [2.05, 4.69) is 27.0 Å². The molecule has 0 aliphatic carbocycles. The van der Waals surface area contributed by atoms with Gasteiger partial charge in [-0.3, -0.25) is 4.79 Å². The predicted octanol–water partition coefficient (Wildman–Crippen LogP) is 0.787. The lowest BCUT2D eigenvalue weighted by Crippen LogP contribution is -2.13. The first-order chi connectivity index (χ1) is 7.81. The molecule has 2 rings (SSSR count). The molecule has 0 bridgehead atoms. The predicted molar refractivity (Wildman–Crippen MR) is 58.0 cm³/mol. The quantitative estimate of drug-likeness (QED) is 0.768. The molecule has 0 atom stereocenters. The van der Waals surface area contributed by atoms with Crippen molar-refractivity contribution in [1.82, 2.24) is 19.7 Å². The third-order valence-corrected chi connectivity index (χ3v) is 1.83. The maximum absolute atomic E-state index is 11.2. The highest BCUT2D eigenvalue weighted by molar-refractivity contribution is 5.99. The molecule has 2 aromatic rings. The van der Waals surface area contributed by atoms with E-state index in [4.69, 9.17) is 0 Å². The van der Waals surface area contributed by atoms with Crippen molar-refractivity contribution in [3.63, 3.8) is 0 Å². The molecule has 0 aliphatic heterocycles. The Morgan fingerprint density at radius 1 is 1.38 bits per heavy atom. The number of amides is 1. The van der Waals surface area contributed by atoms with Gasteiger partial charge in [-0.25, -0.2) is 14.6 Å². The van der Waals surface area contributed by atoms with Crippen LogP contribution in [0.15, 0.2) is 43.5 Å². The SMILES string of the molecule is C=CC(=O)Nc1nccnc1-n1cccn1. The van der Waals surface area contributed by atoms with Crippen LogP contribution < -0.4 is 5.32 Å². The van der Waals surface area contributed by atoms with E-state index in [-0.39, 0.29) is 5.91 Å². The Hall–Kier alpha value is -2.50. The molecule has 0 aliphatic rings. The summed E-state index contributed by atoms with van der Waals surface area (Å²) in [5.41, 5.74) is 0. The molecule has 0 fully saturated rings. The minimum absolute atomic E-state index is 0.339. The number of hydrogen-bond donors (Lipinski definition) is 1. The fourth-order valence-electron chi connectivity index (χ4n) is 1.15. The van der Waals surface area contributed by atoms with Gasteiger partial charge in [0.15, 0.2) is 11.6 Å². The van der Waals surface area contributed by atoms with Crippen molar-refractivity contribution in [2.75, 3.05) is 5.32 Å². The summed E-state index contributed by atoms with van der Waals surface area (Å²) >= 11 is 0. The van der Waals surface area contributed by atoms with Crippen molar-refractivity contribution >= 4 is 11.7 Å². The summed E-state index contributed by atoms with van der Waals surface area (Å²) in [5.74, 6) is 0.465.